The molecule has 1 rings (SSSR count). The molecule has 2 unspecified atom stereocenters. The molecule has 0 amide bonds. The standard InChI is InChI=1S/C9H17NO4S/c1-2-14-9(11)6-15(12,13)8-5-3-4-7(8)10/h7-8H,2-6,10H2,1H3. The number of carbonyl (C=O) groups is 1. The molecule has 5 nitrogen and oxygen atoms in total. The fourth-order valence-corrected chi connectivity index (χ4v) is 3.69. The van der Waals surface area contributed by atoms with Crippen LogP contribution in [0.25, 0.3) is 0 Å². The molecule has 88 valence electrons. The summed E-state index contributed by atoms with van der Waals surface area (Å²) in [5, 5.41) is -0.568. The van der Waals surface area contributed by atoms with E-state index in [9.17, 15) is 13.2 Å². The van der Waals surface area contributed by atoms with Gasteiger partial charge in [0.15, 0.2) is 9.84 Å². The Balaban J connectivity index is 2.62. The Kier molecular flexibility index (Phi) is 4.10. The van der Waals surface area contributed by atoms with Gasteiger partial charge in [-0.1, -0.05) is 6.42 Å². The van der Waals surface area contributed by atoms with Gasteiger partial charge >= 0.3 is 5.97 Å². The van der Waals surface area contributed by atoms with Gasteiger partial charge in [0.25, 0.3) is 0 Å². The number of hydrogen-bond acceptors (Lipinski definition) is 5. The van der Waals surface area contributed by atoms with E-state index in [1.165, 1.54) is 0 Å². The van der Waals surface area contributed by atoms with Crippen molar-refractivity contribution >= 4 is 15.8 Å². The zero-order valence-electron chi connectivity index (χ0n) is 8.81. The molecule has 2 N–H and O–H groups in total. The summed E-state index contributed by atoms with van der Waals surface area (Å²) in [6.45, 7) is 1.84. The minimum absolute atomic E-state index is 0.199. The summed E-state index contributed by atoms with van der Waals surface area (Å²) in [7, 11) is -3.43. The van der Waals surface area contributed by atoms with Crippen LogP contribution in [0.3, 0.4) is 0 Å². The van der Waals surface area contributed by atoms with Crippen LogP contribution in [-0.4, -0.2) is 38.0 Å². The smallest absolute Gasteiger partial charge is 0.321 e. The number of carbonyl (C=O) groups excluding carboxylic acids is 1. The van der Waals surface area contributed by atoms with Gasteiger partial charge in [-0.2, -0.15) is 0 Å². The minimum Gasteiger partial charge on any atom is -0.465 e. The maximum Gasteiger partial charge on any atom is 0.321 e. The fourth-order valence-electron chi connectivity index (χ4n) is 1.87. The van der Waals surface area contributed by atoms with Gasteiger partial charge in [-0.3, -0.25) is 4.79 Å². The third kappa shape index (κ3) is 3.17. The van der Waals surface area contributed by atoms with Gasteiger partial charge in [0.1, 0.15) is 5.75 Å². The Morgan fingerprint density at radius 1 is 1.47 bits per heavy atom. The van der Waals surface area contributed by atoms with Gasteiger partial charge in [-0.05, 0) is 19.8 Å². The maximum absolute atomic E-state index is 11.7. The maximum atomic E-state index is 11.7. The molecule has 0 spiro atoms. The summed E-state index contributed by atoms with van der Waals surface area (Å²) < 4.78 is 28.1. The quantitative estimate of drug-likeness (QED) is 0.684. The van der Waals surface area contributed by atoms with Crippen molar-refractivity contribution in [1.29, 1.82) is 0 Å². The highest BCUT2D eigenvalue weighted by Crippen LogP contribution is 2.24. The van der Waals surface area contributed by atoms with Crippen molar-refractivity contribution in [2.45, 2.75) is 37.5 Å². The van der Waals surface area contributed by atoms with Crippen LogP contribution in [0.2, 0.25) is 0 Å². The van der Waals surface area contributed by atoms with E-state index in [0.717, 1.165) is 6.42 Å². The number of rotatable bonds is 4. The van der Waals surface area contributed by atoms with E-state index in [1.807, 2.05) is 0 Å². The first-order chi connectivity index (χ1) is 6.97. The average Bonchev–Trinajstić information content (AvgIpc) is 2.51. The van der Waals surface area contributed by atoms with Crippen LogP contribution in [0, 0.1) is 0 Å². The van der Waals surface area contributed by atoms with Crippen LogP contribution >= 0.6 is 0 Å². The molecular formula is C9H17NO4S. The predicted octanol–water partition coefficient (Wildman–Crippen LogP) is -0.156. The topological polar surface area (TPSA) is 86.5 Å². The van der Waals surface area contributed by atoms with Crippen LogP contribution in [0.1, 0.15) is 26.2 Å². The molecule has 0 aromatic heterocycles. The number of sulfone groups is 1. The molecule has 0 aromatic carbocycles. The van der Waals surface area contributed by atoms with Gasteiger partial charge in [0.05, 0.1) is 11.9 Å². The first-order valence-corrected chi connectivity index (χ1v) is 6.81. The van der Waals surface area contributed by atoms with E-state index in [2.05, 4.69) is 4.74 Å². The molecule has 0 radical (unpaired) electrons. The van der Waals surface area contributed by atoms with Crippen molar-refractivity contribution in [3.63, 3.8) is 0 Å². The van der Waals surface area contributed by atoms with Gasteiger partial charge < -0.3 is 10.5 Å². The lowest BCUT2D eigenvalue weighted by atomic mass is 10.3. The molecule has 0 heterocycles. The molecule has 1 aliphatic carbocycles. The van der Waals surface area contributed by atoms with Crippen LogP contribution in [-0.2, 0) is 19.4 Å². The second kappa shape index (κ2) is 4.94. The lowest BCUT2D eigenvalue weighted by Crippen LogP contribution is -2.38. The van der Waals surface area contributed by atoms with Crippen molar-refractivity contribution in [2.24, 2.45) is 5.73 Å². The Bertz CT molecular complexity index is 325. The molecule has 6 heteroatoms. The Morgan fingerprint density at radius 3 is 2.60 bits per heavy atom. The van der Waals surface area contributed by atoms with Crippen molar-refractivity contribution in [3.05, 3.63) is 0 Å². The summed E-state index contributed by atoms with van der Waals surface area (Å²) in [6.07, 6.45) is 2.09. The Labute approximate surface area is 89.9 Å². The normalized spacial score (nSPS) is 26.5. The highest BCUT2D eigenvalue weighted by Gasteiger charge is 2.36. The van der Waals surface area contributed by atoms with Crippen LogP contribution < -0.4 is 5.73 Å². The van der Waals surface area contributed by atoms with Crippen molar-refractivity contribution < 1.29 is 17.9 Å². The van der Waals surface area contributed by atoms with Gasteiger partial charge in [0.2, 0.25) is 0 Å². The number of hydrogen-bond donors (Lipinski definition) is 1. The largest absolute Gasteiger partial charge is 0.465 e. The van der Waals surface area contributed by atoms with E-state index in [1.54, 1.807) is 6.92 Å². The van der Waals surface area contributed by atoms with Crippen LogP contribution in [0.4, 0.5) is 0 Å². The molecule has 2 atom stereocenters. The summed E-state index contributed by atoms with van der Waals surface area (Å²) in [4.78, 5) is 11.1. The Hall–Kier alpha value is -0.620. The third-order valence-corrected chi connectivity index (χ3v) is 4.74. The Morgan fingerprint density at radius 2 is 2.13 bits per heavy atom. The summed E-state index contributed by atoms with van der Waals surface area (Å²) in [6, 6.07) is -0.329. The van der Waals surface area contributed by atoms with Gasteiger partial charge in [-0.15, -0.1) is 0 Å². The van der Waals surface area contributed by atoms with Crippen molar-refractivity contribution in [1.82, 2.24) is 0 Å². The second-order valence-corrected chi connectivity index (χ2v) is 5.97. The molecule has 1 saturated carbocycles. The van der Waals surface area contributed by atoms with Crippen molar-refractivity contribution in [2.75, 3.05) is 12.4 Å². The fraction of sp³-hybridized carbons (Fsp3) is 0.889. The summed E-state index contributed by atoms with van der Waals surface area (Å²) >= 11 is 0. The molecular weight excluding hydrogens is 218 g/mol. The van der Waals surface area contributed by atoms with Crippen LogP contribution in [0.5, 0.6) is 0 Å². The molecule has 0 bridgehead atoms. The number of nitrogens with two attached hydrogens (primary N) is 1. The van der Waals surface area contributed by atoms with Gasteiger partial charge in [-0.25, -0.2) is 8.42 Å². The molecule has 1 aliphatic rings. The predicted molar refractivity (Wildman–Crippen MR) is 56.0 cm³/mol. The third-order valence-electron chi connectivity index (χ3n) is 2.59. The van der Waals surface area contributed by atoms with E-state index in [4.69, 9.17) is 5.73 Å². The minimum atomic E-state index is -3.43. The first kappa shape index (κ1) is 12.4. The number of ether oxygens (including phenoxy) is 1. The van der Waals surface area contributed by atoms with E-state index < -0.39 is 26.8 Å². The SMILES string of the molecule is CCOC(=O)CS(=O)(=O)C1CCCC1N. The van der Waals surface area contributed by atoms with Crippen LogP contribution in [0.15, 0.2) is 0 Å². The zero-order chi connectivity index (χ0) is 11.5. The second-order valence-electron chi connectivity index (χ2n) is 3.75. The molecule has 1 fully saturated rings. The molecule has 0 aromatic rings. The van der Waals surface area contributed by atoms with Gasteiger partial charge in [0, 0.05) is 6.04 Å². The average molecular weight is 235 g/mol. The lowest BCUT2D eigenvalue weighted by molar-refractivity contribution is -0.139. The highest BCUT2D eigenvalue weighted by molar-refractivity contribution is 7.92. The highest BCUT2D eigenvalue weighted by atomic mass is 32.2. The lowest BCUT2D eigenvalue weighted by Gasteiger charge is -2.15. The molecule has 0 aliphatic heterocycles. The van der Waals surface area contributed by atoms with E-state index >= 15 is 0 Å². The zero-order valence-corrected chi connectivity index (χ0v) is 9.63. The van der Waals surface area contributed by atoms with E-state index in [-0.39, 0.29) is 12.6 Å². The van der Waals surface area contributed by atoms with Crippen molar-refractivity contribution in [3.8, 4) is 0 Å². The number of esters is 1. The van der Waals surface area contributed by atoms with E-state index in [0.29, 0.717) is 12.8 Å². The summed E-state index contributed by atoms with van der Waals surface area (Å²) in [5.74, 6) is -1.23. The summed E-state index contributed by atoms with van der Waals surface area (Å²) in [5.41, 5.74) is 5.68. The molecule has 15 heavy (non-hydrogen) atoms. The molecule has 0 saturated heterocycles. The monoisotopic (exact) mass is 235 g/mol. The first-order valence-electron chi connectivity index (χ1n) is 5.10.